The highest BCUT2D eigenvalue weighted by atomic mass is 16.6. The summed E-state index contributed by atoms with van der Waals surface area (Å²) >= 11 is 0. The molecule has 88 valence electrons. The van der Waals surface area contributed by atoms with E-state index in [2.05, 4.69) is 0 Å². The highest BCUT2D eigenvalue weighted by molar-refractivity contribution is 5.68. The summed E-state index contributed by atoms with van der Waals surface area (Å²) in [5.74, 6) is 0. The number of carbonyl (C=O) groups is 1. The zero-order chi connectivity index (χ0) is 11.5. The van der Waals surface area contributed by atoms with Gasteiger partial charge in [0.25, 0.3) is 0 Å². The summed E-state index contributed by atoms with van der Waals surface area (Å²) in [6, 6.07) is 3.99. The van der Waals surface area contributed by atoms with Gasteiger partial charge in [0, 0.05) is 31.5 Å². The van der Waals surface area contributed by atoms with Crippen LogP contribution in [0.5, 0.6) is 0 Å². The minimum Gasteiger partial charge on any atom is -0.449 e. The van der Waals surface area contributed by atoms with E-state index in [1.165, 1.54) is 0 Å². The second-order valence-electron chi connectivity index (χ2n) is 3.97. The minimum atomic E-state index is -0.221. The van der Waals surface area contributed by atoms with Crippen LogP contribution in [0.1, 0.15) is 17.8 Å². The van der Waals surface area contributed by atoms with Gasteiger partial charge in [0.1, 0.15) is 0 Å². The molecule has 0 atom stereocenters. The highest BCUT2D eigenvalue weighted by Crippen LogP contribution is 2.13. The number of cyclic esters (lactones) is 1. The molecule has 5 nitrogen and oxygen atoms in total. The van der Waals surface area contributed by atoms with Crippen molar-refractivity contribution in [3.63, 3.8) is 0 Å². The summed E-state index contributed by atoms with van der Waals surface area (Å²) in [7, 11) is 1.97. The van der Waals surface area contributed by atoms with Crippen LogP contribution in [0.4, 0.5) is 4.79 Å². The summed E-state index contributed by atoms with van der Waals surface area (Å²) in [5, 5.41) is 0. The SMILES string of the molecule is Cn1c(CN)ccc1CN1CCCOC1=O. The van der Waals surface area contributed by atoms with Crippen LogP contribution in [-0.2, 0) is 24.9 Å². The Morgan fingerprint density at radius 1 is 1.44 bits per heavy atom. The van der Waals surface area contributed by atoms with Gasteiger partial charge in [-0.25, -0.2) is 4.79 Å². The number of ether oxygens (including phenoxy) is 1. The molecule has 2 rings (SSSR count). The summed E-state index contributed by atoms with van der Waals surface area (Å²) < 4.78 is 7.02. The van der Waals surface area contributed by atoms with E-state index in [0.717, 1.165) is 24.4 Å². The van der Waals surface area contributed by atoms with E-state index in [1.54, 1.807) is 4.90 Å². The molecule has 1 fully saturated rings. The lowest BCUT2D eigenvalue weighted by Crippen LogP contribution is -2.37. The average Bonchev–Trinajstić information content (AvgIpc) is 2.63. The van der Waals surface area contributed by atoms with E-state index in [1.807, 2.05) is 23.7 Å². The lowest BCUT2D eigenvalue weighted by Gasteiger charge is -2.26. The molecule has 16 heavy (non-hydrogen) atoms. The van der Waals surface area contributed by atoms with Crippen LogP contribution in [0.3, 0.4) is 0 Å². The zero-order valence-electron chi connectivity index (χ0n) is 9.48. The second kappa shape index (κ2) is 4.57. The zero-order valence-corrected chi connectivity index (χ0v) is 9.48. The molecular weight excluding hydrogens is 206 g/mol. The van der Waals surface area contributed by atoms with Gasteiger partial charge in [-0.3, -0.25) is 0 Å². The fourth-order valence-electron chi connectivity index (χ4n) is 1.90. The number of nitrogens with zero attached hydrogens (tertiary/aromatic N) is 2. The molecule has 0 saturated carbocycles. The van der Waals surface area contributed by atoms with Gasteiger partial charge in [-0.2, -0.15) is 0 Å². The van der Waals surface area contributed by atoms with Crippen LogP contribution < -0.4 is 5.73 Å². The van der Waals surface area contributed by atoms with Crippen LogP contribution in [0, 0.1) is 0 Å². The van der Waals surface area contributed by atoms with E-state index >= 15 is 0 Å². The summed E-state index contributed by atoms with van der Waals surface area (Å²) in [6.07, 6.45) is 0.682. The Morgan fingerprint density at radius 2 is 2.19 bits per heavy atom. The maximum Gasteiger partial charge on any atom is 0.410 e. The van der Waals surface area contributed by atoms with E-state index in [0.29, 0.717) is 19.7 Å². The first kappa shape index (κ1) is 11.0. The molecule has 1 saturated heterocycles. The highest BCUT2D eigenvalue weighted by Gasteiger charge is 2.20. The van der Waals surface area contributed by atoms with Crippen molar-refractivity contribution in [2.45, 2.75) is 19.5 Å². The van der Waals surface area contributed by atoms with Crippen molar-refractivity contribution in [3.05, 3.63) is 23.5 Å². The van der Waals surface area contributed by atoms with Gasteiger partial charge in [0.2, 0.25) is 0 Å². The normalized spacial score (nSPS) is 16.4. The molecule has 2 heterocycles. The van der Waals surface area contributed by atoms with Crippen LogP contribution in [0.2, 0.25) is 0 Å². The van der Waals surface area contributed by atoms with Crippen molar-refractivity contribution in [2.75, 3.05) is 13.2 Å². The molecule has 0 aromatic carbocycles. The summed E-state index contributed by atoms with van der Waals surface area (Å²) in [6.45, 7) is 2.41. The standard InChI is InChI=1S/C11H17N3O2/c1-13-9(7-12)3-4-10(13)8-14-5-2-6-16-11(14)15/h3-4H,2,5-8,12H2,1H3. The van der Waals surface area contributed by atoms with Crippen LogP contribution >= 0.6 is 0 Å². The summed E-state index contributed by atoms with van der Waals surface area (Å²) in [4.78, 5) is 13.2. The third-order valence-electron chi connectivity index (χ3n) is 2.95. The van der Waals surface area contributed by atoms with Gasteiger partial charge in [-0.15, -0.1) is 0 Å². The number of nitrogens with two attached hydrogens (primary N) is 1. The molecule has 0 bridgehead atoms. The Bertz CT molecular complexity index is 387. The molecular formula is C11H17N3O2. The van der Waals surface area contributed by atoms with Crippen LogP contribution in [0.25, 0.3) is 0 Å². The van der Waals surface area contributed by atoms with E-state index in [-0.39, 0.29) is 6.09 Å². The maximum absolute atomic E-state index is 11.5. The number of carbonyl (C=O) groups excluding carboxylic acids is 1. The second-order valence-corrected chi connectivity index (χ2v) is 3.97. The molecule has 0 radical (unpaired) electrons. The van der Waals surface area contributed by atoms with Crippen molar-refractivity contribution in [3.8, 4) is 0 Å². The molecule has 2 N–H and O–H groups in total. The van der Waals surface area contributed by atoms with Gasteiger partial charge in [-0.1, -0.05) is 0 Å². The number of hydrogen-bond acceptors (Lipinski definition) is 3. The Balaban J connectivity index is 2.07. The Hall–Kier alpha value is -1.49. The topological polar surface area (TPSA) is 60.5 Å². The quantitative estimate of drug-likeness (QED) is 0.825. The molecule has 0 aliphatic carbocycles. The first-order valence-corrected chi connectivity index (χ1v) is 5.47. The largest absolute Gasteiger partial charge is 0.449 e. The van der Waals surface area contributed by atoms with Crippen LogP contribution in [0.15, 0.2) is 12.1 Å². The fourth-order valence-corrected chi connectivity index (χ4v) is 1.90. The smallest absolute Gasteiger partial charge is 0.410 e. The third kappa shape index (κ3) is 2.04. The predicted octanol–water partition coefficient (Wildman–Crippen LogP) is 0.826. The van der Waals surface area contributed by atoms with Gasteiger partial charge in [0.15, 0.2) is 0 Å². The predicted molar refractivity (Wildman–Crippen MR) is 59.7 cm³/mol. The average molecular weight is 223 g/mol. The van der Waals surface area contributed by atoms with Gasteiger partial charge in [0.05, 0.1) is 13.2 Å². The lowest BCUT2D eigenvalue weighted by atomic mass is 10.3. The first-order valence-electron chi connectivity index (χ1n) is 5.47. The van der Waals surface area contributed by atoms with Gasteiger partial charge >= 0.3 is 6.09 Å². The molecule has 5 heteroatoms. The Kier molecular flexibility index (Phi) is 3.14. The van der Waals surface area contributed by atoms with Gasteiger partial charge < -0.3 is 19.9 Å². The minimum absolute atomic E-state index is 0.221. The fraction of sp³-hybridized carbons (Fsp3) is 0.545. The van der Waals surface area contributed by atoms with Crippen molar-refractivity contribution < 1.29 is 9.53 Å². The van der Waals surface area contributed by atoms with E-state index in [9.17, 15) is 4.79 Å². The van der Waals surface area contributed by atoms with Crippen molar-refractivity contribution in [1.29, 1.82) is 0 Å². The Morgan fingerprint density at radius 3 is 2.81 bits per heavy atom. The number of amides is 1. The van der Waals surface area contributed by atoms with Crippen molar-refractivity contribution >= 4 is 6.09 Å². The molecule has 0 unspecified atom stereocenters. The van der Waals surface area contributed by atoms with Crippen LogP contribution in [-0.4, -0.2) is 28.7 Å². The summed E-state index contributed by atoms with van der Waals surface area (Å²) in [5.41, 5.74) is 7.75. The van der Waals surface area contributed by atoms with Crippen molar-refractivity contribution in [2.24, 2.45) is 12.8 Å². The first-order chi connectivity index (χ1) is 7.72. The molecule has 1 aromatic heterocycles. The molecule has 1 aromatic rings. The number of rotatable bonds is 3. The third-order valence-corrected chi connectivity index (χ3v) is 2.95. The maximum atomic E-state index is 11.5. The van der Waals surface area contributed by atoms with Gasteiger partial charge in [-0.05, 0) is 18.6 Å². The number of aromatic nitrogens is 1. The molecule has 0 spiro atoms. The monoisotopic (exact) mass is 223 g/mol. The van der Waals surface area contributed by atoms with Crippen molar-refractivity contribution in [1.82, 2.24) is 9.47 Å². The number of hydrogen-bond donors (Lipinski definition) is 1. The Labute approximate surface area is 94.8 Å². The lowest BCUT2D eigenvalue weighted by molar-refractivity contribution is 0.0692. The van der Waals surface area contributed by atoms with E-state index in [4.69, 9.17) is 10.5 Å². The van der Waals surface area contributed by atoms with E-state index < -0.39 is 0 Å². The molecule has 1 aliphatic heterocycles. The molecule has 1 aliphatic rings. The molecule has 1 amide bonds.